The molecule has 0 radical (unpaired) electrons. The van der Waals surface area contributed by atoms with E-state index in [1.807, 2.05) is 6.92 Å². The third-order valence-electron chi connectivity index (χ3n) is 3.15. The molecule has 94 valence electrons. The Morgan fingerprint density at radius 1 is 1.39 bits per heavy atom. The van der Waals surface area contributed by atoms with Crippen molar-refractivity contribution in [2.45, 2.75) is 19.8 Å². The maximum Gasteiger partial charge on any atom is 0.271 e. The van der Waals surface area contributed by atoms with Crippen molar-refractivity contribution in [2.24, 2.45) is 0 Å². The van der Waals surface area contributed by atoms with Crippen LogP contribution in [0.25, 0.3) is 4.96 Å². The molecule has 0 N–H and O–H groups in total. The maximum atomic E-state index is 12.2. The molecular formula is C12H13N3O2S. The van der Waals surface area contributed by atoms with Crippen molar-refractivity contribution in [3.05, 3.63) is 33.2 Å². The zero-order valence-corrected chi connectivity index (χ0v) is 10.9. The summed E-state index contributed by atoms with van der Waals surface area (Å²) in [5.74, 6) is -0.191. The first kappa shape index (κ1) is 11.4. The first-order valence-electron chi connectivity index (χ1n) is 5.94. The van der Waals surface area contributed by atoms with E-state index in [1.54, 1.807) is 11.1 Å². The van der Waals surface area contributed by atoms with Crippen LogP contribution in [0.3, 0.4) is 0 Å². The van der Waals surface area contributed by atoms with Gasteiger partial charge >= 0.3 is 0 Å². The van der Waals surface area contributed by atoms with E-state index >= 15 is 0 Å². The fourth-order valence-electron chi connectivity index (χ4n) is 2.23. The number of hydrogen-bond donors (Lipinski definition) is 0. The quantitative estimate of drug-likeness (QED) is 0.779. The van der Waals surface area contributed by atoms with Gasteiger partial charge in [0.2, 0.25) is 0 Å². The Morgan fingerprint density at radius 3 is 2.83 bits per heavy atom. The number of aromatic nitrogens is 2. The number of likely N-dealkylation sites (tertiary alicyclic amines) is 1. The van der Waals surface area contributed by atoms with E-state index in [4.69, 9.17) is 0 Å². The Kier molecular flexibility index (Phi) is 2.66. The summed E-state index contributed by atoms with van der Waals surface area (Å²) in [5.41, 5.74) is -0.0894. The number of aryl methyl sites for hydroxylation is 1. The average Bonchev–Trinajstić information content (AvgIpc) is 2.97. The minimum Gasteiger partial charge on any atom is -0.338 e. The molecule has 3 rings (SSSR count). The smallest absolute Gasteiger partial charge is 0.271 e. The first-order chi connectivity index (χ1) is 8.66. The molecule has 1 amide bonds. The summed E-state index contributed by atoms with van der Waals surface area (Å²) in [7, 11) is 0. The number of nitrogens with zero attached hydrogens (tertiary/aromatic N) is 3. The molecule has 1 aliphatic heterocycles. The molecule has 0 aliphatic carbocycles. The molecule has 5 nitrogen and oxygen atoms in total. The molecule has 1 fully saturated rings. The number of carbonyl (C=O) groups is 1. The fourth-order valence-corrected chi connectivity index (χ4v) is 3.02. The van der Waals surface area contributed by atoms with Gasteiger partial charge in [-0.3, -0.25) is 14.0 Å². The highest BCUT2D eigenvalue weighted by Gasteiger charge is 2.23. The number of fused-ring (bicyclic) bond motifs is 1. The standard InChI is InChI=1S/C12H13N3O2S/c1-8-7-15-11(17)9(6-13-12(15)18-8)10(16)14-4-2-3-5-14/h6-7H,2-5H2,1H3. The Balaban J connectivity index is 2.09. The zero-order valence-electron chi connectivity index (χ0n) is 10.0. The van der Waals surface area contributed by atoms with Gasteiger partial charge < -0.3 is 4.90 Å². The van der Waals surface area contributed by atoms with Crippen molar-refractivity contribution in [3.8, 4) is 0 Å². The topological polar surface area (TPSA) is 54.7 Å². The summed E-state index contributed by atoms with van der Waals surface area (Å²) in [4.78, 5) is 32.0. The highest BCUT2D eigenvalue weighted by molar-refractivity contribution is 7.16. The molecular weight excluding hydrogens is 250 g/mol. The molecule has 1 saturated heterocycles. The lowest BCUT2D eigenvalue weighted by molar-refractivity contribution is 0.0790. The summed E-state index contributed by atoms with van der Waals surface area (Å²) < 4.78 is 1.46. The van der Waals surface area contributed by atoms with Crippen molar-refractivity contribution < 1.29 is 4.79 Å². The number of amides is 1. The number of rotatable bonds is 1. The van der Waals surface area contributed by atoms with Gasteiger partial charge in [0.05, 0.1) is 0 Å². The predicted octanol–water partition coefficient (Wildman–Crippen LogP) is 1.30. The Morgan fingerprint density at radius 2 is 2.11 bits per heavy atom. The largest absolute Gasteiger partial charge is 0.338 e. The lowest BCUT2D eigenvalue weighted by atomic mass is 10.3. The molecule has 3 heterocycles. The highest BCUT2D eigenvalue weighted by Crippen LogP contribution is 2.14. The second-order valence-corrected chi connectivity index (χ2v) is 5.68. The zero-order chi connectivity index (χ0) is 12.7. The van der Waals surface area contributed by atoms with Crippen LogP contribution in [0.5, 0.6) is 0 Å². The van der Waals surface area contributed by atoms with E-state index in [0.717, 1.165) is 30.8 Å². The molecule has 0 atom stereocenters. The van der Waals surface area contributed by atoms with Gasteiger partial charge in [-0.2, -0.15) is 0 Å². The normalized spacial score (nSPS) is 15.5. The van der Waals surface area contributed by atoms with Crippen molar-refractivity contribution in [1.82, 2.24) is 14.3 Å². The Bertz CT molecular complexity index is 668. The van der Waals surface area contributed by atoms with Crippen LogP contribution in [-0.2, 0) is 0 Å². The van der Waals surface area contributed by atoms with E-state index in [0.29, 0.717) is 4.96 Å². The summed E-state index contributed by atoms with van der Waals surface area (Å²) in [6.07, 6.45) is 5.17. The Labute approximate surface area is 108 Å². The van der Waals surface area contributed by atoms with Crippen molar-refractivity contribution in [3.63, 3.8) is 0 Å². The van der Waals surface area contributed by atoms with Gasteiger partial charge in [-0.25, -0.2) is 4.98 Å². The van der Waals surface area contributed by atoms with Gasteiger partial charge in [-0.15, -0.1) is 11.3 Å². The van der Waals surface area contributed by atoms with Crippen LogP contribution >= 0.6 is 11.3 Å². The van der Waals surface area contributed by atoms with Gasteiger partial charge in [0.15, 0.2) is 4.96 Å². The average molecular weight is 263 g/mol. The van der Waals surface area contributed by atoms with E-state index in [1.165, 1.54) is 21.9 Å². The SMILES string of the molecule is Cc1cn2c(=O)c(C(=O)N3CCCC3)cnc2s1. The van der Waals surface area contributed by atoms with E-state index in [-0.39, 0.29) is 17.0 Å². The molecule has 0 bridgehead atoms. The van der Waals surface area contributed by atoms with Crippen LogP contribution in [0.2, 0.25) is 0 Å². The first-order valence-corrected chi connectivity index (χ1v) is 6.75. The third kappa shape index (κ3) is 1.73. The lowest BCUT2D eigenvalue weighted by Crippen LogP contribution is -2.33. The number of hydrogen-bond acceptors (Lipinski definition) is 4. The summed E-state index contributed by atoms with van der Waals surface area (Å²) in [5, 5.41) is 0. The molecule has 2 aromatic rings. The minimum atomic E-state index is -0.263. The summed E-state index contributed by atoms with van der Waals surface area (Å²) in [6.45, 7) is 3.40. The van der Waals surface area contributed by atoms with Crippen molar-refractivity contribution >= 4 is 22.2 Å². The van der Waals surface area contributed by atoms with Gasteiger partial charge in [-0.05, 0) is 19.8 Å². The molecule has 6 heteroatoms. The number of thiazole rings is 1. The monoisotopic (exact) mass is 263 g/mol. The van der Waals surface area contributed by atoms with E-state index < -0.39 is 0 Å². The van der Waals surface area contributed by atoms with Crippen LogP contribution in [0, 0.1) is 6.92 Å². The highest BCUT2D eigenvalue weighted by atomic mass is 32.1. The molecule has 0 aromatic carbocycles. The van der Waals surface area contributed by atoms with Crippen LogP contribution in [-0.4, -0.2) is 33.3 Å². The van der Waals surface area contributed by atoms with Gasteiger partial charge in [0.25, 0.3) is 11.5 Å². The minimum absolute atomic E-state index is 0.173. The molecule has 0 spiro atoms. The van der Waals surface area contributed by atoms with E-state index in [2.05, 4.69) is 4.98 Å². The third-order valence-corrected chi connectivity index (χ3v) is 4.06. The van der Waals surface area contributed by atoms with Crippen LogP contribution < -0.4 is 5.56 Å². The van der Waals surface area contributed by atoms with Gasteiger partial charge in [0, 0.05) is 30.4 Å². The summed E-state index contributed by atoms with van der Waals surface area (Å²) in [6, 6.07) is 0. The van der Waals surface area contributed by atoms with Crippen molar-refractivity contribution in [1.29, 1.82) is 0 Å². The second kappa shape index (κ2) is 4.20. The fraction of sp³-hybridized carbons (Fsp3) is 0.417. The van der Waals surface area contributed by atoms with Crippen LogP contribution in [0.1, 0.15) is 28.1 Å². The molecule has 18 heavy (non-hydrogen) atoms. The number of carbonyl (C=O) groups excluding carboxylic acids is 1. The molecule has 0 saturated carbocycles. The summed E-state index contributed by atoms with van der Waals surface area (Å²) >= 11 is 1.45. The molecule has 0 unspecified atom stereocenters. The van der Waals surface area contributed by atoms with Gasteiger partial charge in [0.1, 0.15) is 5.56 Å². The van der Waals surface area contributed by atoms with Crippen molar-refractivity contribution in [2.75, 3.05) is 13.1 Å². The van der Waals surface area contributed by atoms with Crippen LogP contribution in [0.15, 0.2) is 17.2 Å². The van der Waals surface area contributed by atoms with Crippen LogP contribution in [0.4, 0.5) is 0 Å². The van der Waals surface area contributed by atoms with E-state index in [9.17, 15) is 9.59 Å². The second-order valence-electron chi connectivity index (χ2n) is 4.47. The Hall–Kier alpha value is -1.69. The van der Waals surface area contributed by atoms with Gasteiger partial charge in [-0.1, -0.05) is 0 Å². The predicted molar refractivity (Wildman–Crippen MR) is 69.2 cm³/mol. The lowest BCUT2D eigenvalue weighted by Gasteiger charge is -2.14. The molecule has 2 aromatic heterocycles. The maximum absolute atomic E-state index is 12.2. The molecule has 1 aliphatic rings.